The van der Waals surface area contributed by atoms with Crippen LogP contribution >= 0.6 is 0 Å². The zero-order valence-corrected chi connectivity index (χ0v) is 20.4. The number of aliphatic hydroxyl groups is 1. The van der Waals surface area contributed by atoms with Gasteiger partial charge in [0.2, 0.25) is 0 Å². The van der Waals surface area contributed by atoms with Crippen LogP contribution in [0.15, 0.2) is 12.7 Å². The molecule has 0 unspecified atom stereocenters. The normalized spacial score (nSPS) is 27.4. The van der Waals surface area contributed by atoms with Crippen LogP contribution in [0.5, 0.6) is 0 Å². The van der Waals surface area contributed by atoms with Gasteiger partial charge in [0.1, 0.15) is 38.2 Å². The average molecular weight is 473 g/mol. The van der Waals surface area contributed by atoms with Gasteiger partial charge in [0.05, 0.1) is 30.9 Å². The van der Waals surface area contributed by atoms with Crippen molar-refractivity contribution >= 4 is 35.9 Å². The van der Waals surface area contributed by atoms with Crippen LogP contribution in [0.25, 0.3) is 11.2 Å². The molecule has 13 heteroatoms. The first-order chi connectivity index (χ1) is 14.2. The molecule has 0 bridgehead atoms. The molecule has 0 aromatic carbocycles. The summed E-state index contributed by atoms with van der Waals surface area (Å²) < 4.78 is 43.2. The van der Waals surface area contributed by atoms with Gasteiger partial charge in [0.15, 0.2) is 11.5 Å². The Balaban J connectivity index is 2.15. The number of ether oxygens (including phenoxy) is 2. The van der Waals surface area contributed by atoms with E-state index in [0.717, 1.165) is 6.26 Å². The van der Waals surface area contributed by atoms with Gasteiger partial charge in [0.25, 0.3) is 10.1 Å². The quantitative estimate of drug-likeness (QED) is 0.434. The fraction of sp³-hybridized carbons (Fsp3) is 0.722. The summed E-state index contributed by atoms with van der Waals surface area (Å²) in [5.41, 5.74) is 4.91. The molecule has 0 spiro atoms. The van der Waals surface area contributed by atoms with Crippen molar-refractivity contribution < 1.29 is 27.2 Å². The summed E-state index contributed by atoms with van der Waals surface area (Å²) in [5.74, 6) is 0.245. The molecule has 173 valence electrons. The second-order valence-electron chi connectivity index (χ2n) is 9.04. The summed E-state index contributed by atoms with van der Waals surface area (Å²) in [7, 11) is -5.09. The van der Waals surface area contributed by atoms with E-state index in [9.17, 15) is 13.5 Å². The second-order valence-corrected chi connectivity index (χ2v) is 13.5. The zero-order valence-electron chi connectivity index (χ0n) is 18.6. The third-order valence-electron chi connectivity index (χ3n) is 5.23. The van der Waals surface area contributed by atoms with Gasteiger partial charge in [-0.1, -0.05) is 13.1 Å². The lowest BCUT2D eigenvalue weighted by atomic mass is 9.97. The van der Waals surface area contributed by atoms with E-state index in [4.69, 9.17) is 19.4 Å². The number of nitrogens with zero attached hydrogens (tertiary/aromatic N) is 4. The van der Waals surface area contributed by atoms with Gasteiger partial charge in [-0.15, -0.1) is 0 Å². The number of hydrogen-bond donors (Lipinski definition) is 2. The molecule has 1 fully saturated rings. The predicted molar refractivity (Wildman–Crippen MR) is 116 cm³/mol. The molecule has 1 saturated heterocycles. The highest BCUT2D eigenvalue weighted by atomic mass is 32.2. The third kappa shape index (κ3) is 4.61. The highest BCUT2D eigenvalue weighted by Crippen LogP contribution is 2.47. The molecule has 11 nitrogen and oxygen atoms in total. The maximum Gasteiger partial charge on any atom is 0.264 e. The molecule has 3 N–H and O–H groups in total. The van der Waals surface area contributed by atoms with Crippen molar-refractivity contribution in [1.82, 2.24) is 19.5 Å². The number of imidazole rings is 1. The average Bonchev–Trinajstić information content (AvgIpc) is 3.20. The summed E-state index contributed by atoms with van der Waals surface area (Å²) in [6, 6.07) is 0. The van der Waals surface area contributed by atoms with Crippen LogP contribution in [0.1, 0.15) is 27.2 Å². The fourth-order valence-corrected chi connectivity index (χ4v) is 5.84. The Labute approximate surface area is 183 Å². The third-order valence-corrected chi connectivity index (χ3v) is 7.89. The van der Waals surface area contributed by atoms with Crippen LogP contribution in [-0.2, 0) is 29.1 Å². The number of anilines is 1. The molecule has 1 aliphatic heterocycles. The summed E-state index contributed by atoms with van der Waals surface area (Å²) >= 11 is 0. The topological polar surface area (TPSA) is 152 Å². The Bertz CT molecular complexity index is 1060. The lowest BCUT2D eigenvalue weighted by molar-refractivity contribution is -0.187. The lowest BCUT2D eigenvalue weighted by Gasteiger charge is -2.38. The van der Waals surface area contributed by atoms with Gasteiger partial charge in [-0.2, -0.15) is 8.42 Å². The van der Waals surface area contributed by atoms with Gasteiger partial charge in [0, 0.05) is 6.42 Å². The Morgan fingerprint density at radius 1 is 1.35 bits per heavy atom. The van der Waals surface area contributed by atoms with Crippen molar-refractivity contribution in [3.63, 3.8) is 0 Å². The van der Waals surface area contributed by atoms with Crippen molar-refractivity contribution in [3.05, 3.63) is 12.7 Å². The molecule has 0 aliphatic carbocycles. The molecule has 1 aliphatic rings. The minimum absolute atomic E-state index is 0.245. The van der Waals surface area contributed by atoms with Crippen LogP contribution in [0, 0.1) is 0 Å². The number of hydrogen-bond acceptors (Lipinski definition) is 10. The van der Waals surface area contributed by atoms with E-state index in [0.29, 0.717) is 17.6 Å². The maximum absolute atomic E-state index is 11.7. The molecule has 0 amide bonds. The van der Waals surface area contributed by atoms with Crippen LogP contribution in [0.3, 0.4) is 0 Å². The largest absolute Gasteiger partial charge is 0.393 e. The molecular weight excluding hydrogens is 442 g/mol. The van der Waals surface area contributed by atoms with Crippen molar-refractivity contribution in [2.75, 3.05) is 25.2 Å². The van der Waals surface area contributed by atoms with E-state index in [-0.39, 0.29) is 12.4 Å². The van der Waals surface area contributed by atoms with Crippen LogP contribution in [0.2, 0.25) is 13.1 Å². The summed E-state index contributed by atoms with van der Waals surface area (Å²) in [4.78, 5) is 12.7. The first-order valence-electron chi connectivity index (χ1n) is 9.81. The summed E-state index contributed by atoms with van der Waals surface area (Å²) in [5, 5.41) is 9.45. The lowest BCUT2D eigenvalue weighted by Crippen LogP contribution is -2.53. The van der Waals surface area contributed by atoms with E-state index in [1.807, 2.05) is 20.8 Å². The van der Waals surface area contributed by atoms with E-state index in [2.05, 4.69) is 28.0 Å². The molecule has 1 radical (unpaired) electrons. The van der Waals surface area contributed by atoms with Crippen molar-refractivity contribution in [2.24, 2.45) is 0 Å². The molecule has 3 heterocycles. The standard InChI is InChI=1S/C18H30N5O6SSi/c1-16(2,3)28-12-7-18(31(5)6,29-17(12,8-24)9-27-30(4,25)26)23-11-22-13-14(19)20-10-21-15(13)23/h10-12,24H,7-9H2,1-6H3,(H2,19,20,21)/t12-,17-,18-/m0/s1. The number of aromatic nitrogens is 4. The van der Waals surface area contributed by atoms with Crippen molar-refractivity contribution in [3.8, 4) is 0 Å². The summed E-state index contributed by atoms with van der Waals surface area (Å²) in [6.07, 6.45) is 3.58. The zero-order chi connectivity index (χ0) is 23.2. The molecule has 0 saturated carbocycles. The van der Waals surface area contributed by atoms with Crippen LogP contribution < -0.4 is 5.73 Å². The molecular formula is C18H30N5O6SSi. The fourth-order valence-electron chi connectivity index (χ4n) is 3.78. The number of fused-ring (bicyclic) bond motifs is 1. The molecule has 31 heavy (non-hydrogen) atoms. The van der Waals surface area contributed by atoms with Gasteiger partial charge in [-0.25, -0.2) is 15.0 Å². The van der Waals surface area contributed by atoms with Crippen molar-refractivity contribution in [1.29, 1.82) is 0 Å². The molecule has 2 aromatic heterocycles. The minimum atomic E-state index is -3.77. The second kappa shape index (κ2) is 8.05. The van der Waals surface area contributed by atoms with Crippen LogP contribution in [0.4, 0.5) is 5.82 Å². The Morgan fingerprint density at radius 3 is 2.58 bits per heavy atom. The predicted octanol–water partition coefficient (Wildman–Crippen LogP) is 0.666. The molecule has 3 rings (SSSR count). The highest BCUT2D eigenvalue weighted by molar-refractivity contribution is 7.85. The van der Waals surface area contributed by atoms with Crippen LogP contribution in [-0.4, -0.2) is 78.6 Å². The number of aliphatic hydroxyl groups excluding tert-OH is 1. The highest BCUT2D eigenvalue weighted by Gasteiger charge is 2.60. The van der Waals surface area contributed by atoms with E-state index in [1.165, 1.54) is 6.33 Å². The minimum Gasteiger partial charge on any atom is -0.393 e. The van der Waals surface area contributed by atoms with Gasteiger partial charge in [-0.05, 0) is 20.8 Å². The Hall–Kier alpha value is -1.64. The molecule has 3 atom stereocenters. The van der Waals surface area contributed by atoms with Gasteiger partial charge >= 0.3 is 0 Å². The van der Waals surface area contributed by atoms with Crippen molar-refractivity contribution in [2.45, 2.75) is 62.9 Å². The smallest absolute Gasteiger partial charge is 0.264 e. The summed E-state index contributed by atoms with van der Waals surface area (Å²) in [6.45, 7) is 8.89. The Kier molecular flexibility index (Phi) is 6.23. The van der Waals surface area contributed by atoms with E-state index >= 15 is 0 Å². The maximum atomic E-state index is 11.7. The van der Waals surface area contributed by atoms with Gasteiger partial charge in [-0.3, -0.25) is 8.75 Å². The van der Waals surface area contributed by atoms with E-state index < -0.39 is 48.2 Å². The first kappa shape index (κ1) is 24.0. The molecule has 2 aromatic rings. The number of nitrogen functional groups attached to an aromatic ring is 1. The first-order valence-corrected chi connectivity index (χ1v) is 14.1. The number of nitrogens with two attached hydrogens (primary N) is 1. The van der Waals surface area contributed by atoms with Gasteiger partial charge < -0.3 is 20.3 Å². The Morgan fingerprint density at radius 2 is 2.03 bits per heavy atom. The SMILES string of the molecule is C[Si](C)[C@]1(n2cnc3c(N)ncnc32)C[C@H](OC(C)(C)C)[C@](CO)(COS(C)(=O)=O)O1. The number of rotatable bonds is 7. The monoisotopic (exact) mass is 472 g/mol. The van der Waals surface area contributed by atoms with E-state index in [1.54, 1.807) is 10.9 Å².